The van der Waals surface area contributed by atoms with Crippen LogP contribution < -0.4 is 5.32 Å². The van der Waals surface area contributed by atoms with Crippen LogP contribution in [-0.2, 0) is 6.54 Å². The van der Waals surface area contributed by atoms with Crippen LogP contribution in [0.15, 0.2) is 41.1 Å². The summed E-state index contributed by atoms with van der Waals surface area (Å²) in [6, 6.07) is 7.41. The molecule has 0 saturated carbocycles. The Morgan fingerprint density at radius 1 is 1.50 bits per heavy atom. The van der Waals surface area contributed by atoms with Crippen molar-refractivity contribution < 1.29 is 4.79 Å². The Hall–Kier alpha value is -1.62. The molecule has 0 aliphatic heterocycles. The number of nitrogens with one attached hydrogen (secondary N) is 1. The summed E-state index contributed by atoms with van der Waals surface area (Å²) in [5, 5.41) is 2.98. The van der Waals surface area contributed by atoms with E-state index in [4.69, 9.17) is 0 Å². The summed E-state index contributed by atoms with van der Waals surface area (Å²) in [4.78, 5) is 16.6. The minimum Gasteiger partial charge on any atom is -0.343 e. The van der Waals surface area contributed by atoms with E-state index in [0.717, 1.165) is 23.1 Å². The van der Waals surface area contributed by atoms with Crippen molar-refractivity contribution in [3.63, 3.8) is 0 Å². The van der Waals surface area contributed by atoms with Crippen molar-refractivity contribution in [1.82, 2.24) is 14.9 Å². The molecule has 106 valence electrons. The topological polar surface area (TPSA) is 46.9 Å². The van der Waals surface area contributed by atoms with Gasteiger partial charge in [-0.25, -0.2) is 0 Å². The van der Waals surface area contributed by atoms with Crippen molar-refractivity contribution >= 4 is 21.8 Å². The zero-order valence-electron chi connectivity index (χ0n) is 11.6. The number of carbonyl (C=O) groups is 1. The largest absolute Gasteiger partial charge is 0.343 e. The third-order valence-electron chi connectivity index (χ3n) is 3.04. The van der Waals surface area contributed by atoms with Crippen molar-refractivity contribution in [3.05, 3.63) is 52.5 Å². The molecule has 0 aliphatic rings. The number of pyridine rings is 1. The van der Waals surface area contributed by atoms with Crippen LogP contribution in [0.25, 0.3) is 0 Å². The first-order chi connectivity index (χ1) is 9.61. The second-order valence-electron chi connectivity index (χ2n) is 4.69. The summed E-state index contributed by atoms with van der Waals surface area (Å²) in [5.74, 6) is -0.0812. The van der Waals surface area contributed by atoms with Gasteiger partial charge in [-0.15, -0.1) is 0 Å². The fourth-order valence-electron chi connectivity index (χ4n) is 2.07. The summed E-state index contributed by atoms with van der Waals surface area (Å²) in [6.07, 6.45) is 4.65. The van der Waals surface area contributed by atoms with Crippen LogP contribution in [-0.4, -0.2) is 15.5 Å². The molecule has 1 amide bonds. The Morgan fingerprint density at radius 2 is 2.30 bits per heavy atom. The molecule has 1 unspecified atom stereocenters. The van der Waals surface area contributed by atoms with E-state index in [2.05, 4.69) is 33.2 Å². The third-order valence-corrected chi connectivity index (χ3v) is 3.47. The van der Waals surface area contributed by atoms with Gasteiger partial charge in [0.25, 0.3) is 5.91 Å². The summed E-state index contributed by atoms with van der Waals surface area (Å²) >= 11 is 3.42. The van der Waals surface area contributed by atoms with Crippen LogP contribution in [0.2, 0.25) is 0 Å². The van der Waals surface area contributed by atoms with Gasteiger partial charge in [0.15, 0.2) is 0 Å². The molecule has 2 rings (SSSR count). The number of nitrogens with zero attached hydrogens (tertiary/aromatic N) is 2. The minimum absolute atomic E-state index is 0.0812. The van der Waals surface area contributed by atoms with Crippen molar-refractivity contribution in [3.8, 4) is 0 Å². The highest BCUT2D eigenvalue weighted by Crippen LogP contribution is 2.17. The van der Waals surface area contributed by atoms with Gasteiger partial charge in [-0.3, -0.25) is 9.78 Å². The zero-order valence-corrected chi connectivity index (χ0v) is 13.2. The number of carbonyl (C=O) groups excluding carboxylic acids is 1. The lowest BCUT2D eigenvalue weighted by molar-refractivity contribution is 0.0929. The van der Waals surface area contributed by atoms with Gasteiger partial charge >= 0.3 is 0 Å². The molecular formula is C15H18BrN3O. The van der Waals surface area contributed by atoms with E-state index in [-0.39, 0.29) is 11.9 Å². The number of aryl methyl sites for hydroxylation is 1. The lowest BCUT2D eigenvalue weighted by Crippen LogP contribution is -2.29. The number of hydrogen-bond acceptors (Lipinski definition) is 2. The maximum atomic E-state index is 12.4. The van der Waals surface area contributed by atoms with Crippen LogP contribution in [0, 0.1) is 0 Å². The van der Waals surface area contributed by atoms with Gasteiger partial charge in [0.2, 0.25) is 0 Å². The normalized spacial score (nSPS) is 12.2. The quantitative estimate of drug-likeness (QED) is 0.908. The molecule has 0 aromatic carbocycles. The predicted molar refractivity (Wildman–Crippen MR) is 82.5 cm³/mol. The number of rotatable bonds is 5. The van der Waals surface area contributed by atoms with Crippen LogP contribution in [0.1, 0.15) is 42.5 Å². The van der Waals surface area contributed by atoms with E-state index in [1.165, 1.54) is 0 Å². The predicted octanol–water partition coefficient (Wildman–Crippen LogP) is 3.55. The molecule has 4 nitrogen and oxygen atoms in total. The number of halogens is 1. The van der Waals surface area contributed by atoms with Gasteiger partial charge in [-0.2, -0.15) is 0 Å². The molecule has 0 fully saturated rings. The average Bonchev–Trinajstić information content (AvgIpc) is 2.81. The summed E-state index contributed by atoms with van der Waals surface area (Å²) < 4.78 is 2.88. The van der Waals surface area contributed by atoms with Gasteiger partial charge in [-0.05, 0) is 47.5 Å². The Labute approximate surface area is 127 Å². The van der Waals surface area contributed by atoms with Gasteiger partial charge in [0.1, 0.15) is 5.69 Å². The fourth-order valence-corrected chi connectivity index (χ4v) is 2.53. The highest BCUT2D eigenvalue weighted by molar-refractivity contribution is 9.10. The molecule has 5 heteroatoms. The fraction of sp³-hybridized carbons (Fsp3) is 0.333. The molecular weight excluding hydrogens is 318 g/mol. The monoisotopic (exact) mass is 335 g/mol. The van der Waals surface area contributed by atoms with E-state index in [9.17, 15) is 4.79 Å². The summed E-state index contributed by atoms with van der Waals surface area (Å²) in [5.41, 5.74) is 1.52. The van der Waals surface area contributed by atoms with Gasteiger partial charge in [-0.1, -0.05) is 13.0 Å². The standard InChI is InChI=1S/C15H18BrN3O/c1-3-8-19-10-12(16)9-14(19)15(20)18-11(2)13-6-4-5-7-17-13/h4-7,9-11H,3,8H2,1-2H3,(H,18,20). The Morgan fingerprint density at radius 3 is 2.95 bits per heavy atom. The minimum atomic E-state index is -0.118. The maximum absolute atomic E-state index is 12.4. The van der Waals surface area contributed by atoms with E-state index in [1.807, 2.05) is 42.0 Å². The SMILES string of the molecule is CCCn1cc(Br)cc1C(=O)NC(C)c1ccccn1. The maximum Gasteiger partial charge on any atom is 0.268 e. The van der Waals surface area contributed by atoms with E-state index in [1.54, 1.807) is 6.20 Å². The second kappa shape index (κ2) is 6.70. The molecule has 0 bridgehead atoms. The number of hydrogen-bond donors (Lipinski definition) is 1. The Kier molecular flexibility index (Phi) is 4.95. The summed E-state index contributed by atoms with van der Waals surface area (Å²) in [6.45, 7) is 4.85. The molecule has 0 aliphatic carbocycles. The third kappa shape index (κ3) is 3.48. The van der Waals surface area contributed by atoms with Gasteiger partial charge < -0.3 is 9.88 Å². The summed E-state index contributed by atoms with van der Waals surface area (Å²) in [7, 11) is 0. The molecule has 2 aromatic rings. The first-order valence-corrected chi connectivity index (χ1v) is 7.48. The van der Waals surface area contributed by atoms with E-state index in [0.29, 0.717) is 5.69 Å². The smallest absolute Gasteiger partial charge is 0.268 e. The lowest BCUT2D eigenvalue weighted by atomic mass is 10.2. The number of amides is 1. The first kappa shape index (κ1) is 14.8. The van der Waals surface area contributed by atoms with Gasteiger partial charge in [0, 0.05) is 23.4 Å². The van der Waals surface area contributed by atoms with E-state index >= 15 is 0 Å². The van der Waals surface area contributed by atoms with Crippen molar-refractivity contribution in [2.75, 3.05) is 0 Å². The van der Waals surface area contributed by atoms with Crippen LogP contribution in [0.3, 0.4) is 0 Å². The Balaban J connectivity index is 2.12. The molecule has 0 saturated heterocycles. The number of aromatic nitrogens is 2. The highest BCUT2D eigenvalue weighted by Gasteiger charge is 2.16. The van der Waals surface area contributed by atoms with Crippen molar-refractivity contribution in [1.29, 1.82) is 0 Å². The average molecular weight is 336 g/mol. The molecule has 2 aromatic heterocycles. The lowest BCUT2D eigenvalue weighted by Gasteiger charge is -2.14. The molecule has 0 radical (unpaired) electrons. The zero-order chi connectivity index (χ0) is 14.5. The van der Waals surface area contributed by atoms with Crippen LogP contribution >= 0.6 is 15.9 Å². The van der Waals surface area contributed by atoms with Crippen molar-refractivity contribution in [2.45, 2.75) is 32.9 Å². The molecule has 20 heavy (non-hydrogen) atoms. The van der Waals surface area contributed by atoms with Crippen LogP contribution in [0.5, 0.6) is 0 Å². The van der Waals surface area contributed by atoms with Gasteiger partial charge in [0.05, 0.1) is 11.7 Å². The molecule has 2 heterocycles. The molecule has 1 atom stereocenters. The Bertz CT molecular complexity index is 580. The van der Waals surface area contributed by atoms with E-state index < -0.39 is 0 Å². The first-order valence-electron chi connectivity index (χ1n) is 6.69. The highest BCUT2D eigenvalue weighted by atomic mass is 79.9. The van der Waals surface area contributed by atoms with Crippen molar-refractivity contribution in [2.24, 2.45) is 0 Å². The molecule has 0 spiro atoms. The second-order valence-corrected chi connectivity index (χ2v) is 5.60. The van der Waals surface area contributed by atoms with Crippen LogP contribution in [0.4, 0.5) is 0 Å². The molecule has 1 N–H and O–H groups in total.